The van der Waals surface area contributed by atoms with E-state index in [0.717, 1.165) is 54.9 Å². The standard InChI is InChI=1S/C29H42F3NO/c1-20-21-6-5-7-22(9-8-21)25(20)14-15-28(23-10-12-24(13-11-23)29(30,31)32)16-18-33(19-17-28)26(34)27(2,3)4/h10-13,20-22,25H,5-9,14-19H2,1-4H3. The normalized spacial score (nSPS) is 29.7. The summed E-state index contributed by atoms with van der Waals surface area (Å²) in [6.07, 6.45) is 6.27. The molecule has 4 fully saturated rings. The zero-order valence-corrected chi connectivity index (χ0v) is 21.4. The minimum absolute atomic E-state index is 0.149. The van der Waals surface area contributed by atoms with Gasteiger partial charge in [-0.2, -0.15) is 13.2 Å². The average molecular weight is 478 g/mol. The highest BCUT2D eigenvalue weighted by Crippen LogP contribution is 2.51. The number of hydrogen-bond acceptors (Lipinski definition) is 1. The number of hydrogen-bond donors (Lipinski definition) is 0. The third-order valence-electron chi connectivity index (χ3n) is 9.51. The van der Waals surface area contributed by atoms with Gasteiger partial charge in [-0.3, -0.25) is 4.79 Å². The lowest BCUT2D eigenvalue weighted by atomic mass is 9.63. The number of likely N-dealkylation sites (tertiary alicyclic amines) is 1. The largest absolute Gasteiger partial charge is 0.416 e. The third-order valence-corrected chi connectivity index (χ3v) is 9.51. The van der Waals surface area contributed by atoms with Crippen LogP contribution in [0.4, 0.5) is 13.2 Å². The van der Waals surface area contributed by atoms with Gasteiger partial charge >= 0.3 is 6.18 Å². The zero-order valence-electron chi connectivity index (χ0n) is 21.4. The molecule has 4 aliphatic rings. The molecule has 0 spiro atoms. The monoisotopic (exact) mass is 477 g/mol. The van der Waals surface area contributed by atoms with Crippen molar-refractivity contribution in [1.82, 2.24) is 4.90 Å². The van der Waals surface area contributed by atoms with Gasteiger partial charge in [-0.1, -0.05) is 59.1 Å². The first-order valence-electron chi connectivity index (χ1n) is 13.4. The van der Waals surface area contributed by atoms with Crippen molar-refractivity contribution in [3.63, 3.8) is 0 Å². The fourth-order valence-corrected chi connectivity index (χ4v) is 7.34. The minimum atomic E-state index is -4.32. The SMILES string of the molecule is CC1C2CCCC(CC2)C1CCC1(c2ccc(C(F)(F)F)cc2)CCN(C(=O)C(C)(C)C)CC1. The summed E-state index contributed by atoms with van der Waals surface area (Å²) in [5, 5.41) is 0. The molecule has 1 aromatic rings. The highest BCUT2D eigenvalue weighted by Gasteiger charge is 2.43. The van der Waals surface area contributed by atoms with E-state index >= 15 is 0 Å². The van der Waals surface area contributed by atoms with Gasteiger partial charge in [-0.05, 0) is 85.3 Å². The molecule has 1 saturated heterocycles. The van der Waals surface area contributed by atoms with E-state index in [1.165, 1.54) is 44.2 Å². The third kappa shape index (κ3) is 5.18. The molecule has 1 aromatic carbocycles. The van der Waals surface area contributed by atoms with Gasteiger partial charge in [0, 0.05) is 18.5 Å². The van der Waals surface area contributed by atoms with Crippen LogP contribution in [0.15, 0.2) is 24.3 Å². The molecule has 4 atom stereocenters. The van der Waals surface area contributed by atoms with Gasteiger partial charge in [0.2, 0.25) is 5.91 Å². The van der Waals surface area contributed by atoms with Crippen molar-refractivity contribution >= 4 is 5.91 Å². The molecule has 0 aromatic heterocycles. The molecular weight excluding hydrogens is 435 g/mol. The Balaban J connectivity index is 1.56. The van der Waals surface area contributed by atoms with Crippen molar-refractivity contribution in [2.75, 3.05) is 13.1 Å². The topological polar surface area (TPSA) is 20.3 Å². The number of fused-ring (bicyclic) bond motifs is 4. The fourth-order valence-electron chi connectivity index (χ4n) is 7.34. The van der Waals surface area contributed by atoms with Gasteiger partial charge in [0.15, 0.2) is 0 Å². The van der Waals surface area contributed by atoms with Crippen LogP contribution in [0.1, 0.15) is 96.6 Å². The van der Waals surface area contributed by atoms with Gasteiger partial charge in [0.05, 0.1) is 5.56 Å². The summed E-state index contributed by atoms with van der Waals surface area (Å²) in [6, 6.07) is 5.93. The molecule has 2 bridgehead atoms. The first-order chi connectivity index (χ1) is 15.9. The summed E-state index contributed by atoms with van der Waals surface area (Å²) >= 11 is 0. The van der Waals surface area contributed by atoms with Gasteiger partial charge in [0.1, 0.15) is 0 Å². The second-order valence-electron chi connectivity index (χ2n) is 12.5. The van der Waals surface area contributed by atoms with Crippen molar-refractivity contribution in [1.29, 1.82) is 0 Å². The summed E-state index contributed by atoms with van der Waals surface area (Å²) in [4.78, 5) is 14.9. The molecule has 3 aliphatic carbocycles. The van der Waals surface area contributed by atoms with Crippen LogP contribution < -0.4 is 0 Å². The molecule has 4 unspecified atom stereocenters. The van der Waals surface area contributed by atoms with Crippen molar-refractivity contribution in [3.05, 3.63) is 35.4 Å². The predicted octanol–water partition coefficient (Wildman–Crippen LogP) is 7.85. The van der Waals surface area contributed by atoms with E-state index in [1.54, 1.807) is 12.1 Å². The van der Waals surface area contributed by atoms with Crippen LogP contribution in [0.25, 0.3) is 0 Å². The molecule has 190 valence electrons. The summed E-state index contributed by atoms with van der Waals surface area (Å²) in [7, 11) is 0. The molecule has 5 heteroatoms. The van der Waals surface area contributed by atoms with Crippen LogP contribution in [0.2, 0.25) is 0 Å². The molecule has 0 radical (unpaired) electrons. The van der Waals surface area contributed by atoms with Crippen molar-refractivity contribution in [2.24, 2.45) is 29.1 Å². The molecule has 1 heterocycles. The molecule has 0 N–H and O–H groups in total. The maximum absolute atomic E-state index is 13.2. The highest BCUT2D eigenvalue weighted by atomic mass is 19.4. The lowest BCUT2D eigenvalue weighted by molar-refractivity contribution is -0.141. The summed E-state index contributed by atoms with van der Waals surface area (Å²) in [6.45, 7) is 9.68. The van der Waals surface area contributed by atoms with Crippen LogP contribution in [0.5, 0.6) is 0 Å². The van der Waals surface area contributed by atoms with E-state index in [-0.39, 0.29) is 11.3 Å². The summed E-state index contributed by atoms with van der Waals surface area (Å²) in [5.74, 6) is 3.29. The minimum Gasteiger partial charge on any atom is -0.342 e. The molecule has 2 nitrogen and oxygen atoms in total. The molecule has 34 heavy (non-hydrogen) atoms. The Kier molecular flexibility index (Phi) is 7.15. The highest BCUT2D eigenvalue weighted by molar-refractivity contribution is 5.81. The Morgan fingerprint density at radius 2 is 1.56 bits per heavy atom. The Morgan fingerprint density at radius 1 is 0.971 bits per heavy atom. The molecular formula is C29H42F3NO. The lowest BCUT2D eigenvalue weighted by Gasteiger charge is -2.46. The number of nitrogens with zero attached hydrogens (tertiary/aromatic N) is 1. The van der Waals surface area contributed by atoms with Crippen LogP contribution >= 0.6 is 0 Å². The van der Waals surface area contributed by atoms with Crippen LogP contribution in [0, 0.1) is 29.1 Å². The van der Waals surface area contributed by atoms with Crippen LogP contribution in [-0.2, 0) is 16.4 Å². The number of amides is 1. The lowest BCUT2D eigenvalue weighted by Crippen LogP contribution is -2.49. The number of halogens is 3. The van der Waals surface area contributed by atoms with Crippen molar-refractivity contribution in [3.8, 4) is 0 Å². The second-order valence-corrected chi connectivity index (χ2v) is 12.5. The molecule has 3 saturated carbocycles. The van der Waals surface area contributed by atoms with Gasteiger partial charge in [0.25, 0.3) is 0 Å². The number of benzene rings is 1. The van der Waals surface area contributed by atoms with Gasteiger partial charge in [-0.25, -0.2) is 0 Å². The maximum atomic E-state index is 13.2. The van der Waals surface area contributed by atoms with Crippen molar-refractivity contribution in [2.45, 2.75) is 97.1 Å². The number of carbonyl (C=O) groups is 1. The average Bonchev–Trinajstić information content (AvgIpc) is 3.11. The second kappa shape index (κ2) is 9.50. The van der Waals surface area contributed by atoms with Gasteiger partial charge < -0.3 is 4.90 Å². The van der Waals surface area contributed by atoms with E-state index in [0.29, 0.717) is 13.1 Å². The Morgan fingerprint density at radius 3 is 2.15 bits per heavy atom. The first-order valence-corrected chi connectivity index (χ1v) is 13.4. The number of carbonyl (C=O) groups excluding carboxylic acids is 1. The van der Waals surface area contributed by atoms with E-state index in [1.807, 2.05) is 25.7 Å². The predicted molar refractivity (Wildman–Crippen MR) is 130 cm³/mol. The quantitative estimate of drug-likeness (QED) is 0.432. The Bertz CT molecular complexity index is 840. The molecule has 5 rings (SSSR count). The van der Waals surface area contributed by atoms with Crippen LogP contribution in [0.3, 0.4) is 0 Å². The first kappa shape index (κ1) is 25.6. The summed E-state index contributed by atoms with van der Waals surface area (Å²) < 4.78 is 39.7. The van der Waals surface area contributed by atoms with E-state index in [2.05, 4.69) is 6.92 Å². The van der Waals surface area contributed by atoms with Gasteiger partial charge in [-0.15, -0.1) is 0 Å². The molecule has 1 amide bonds. The zero-order chi connectivity index (χ0) is 24.7. The van der Waals surface area contributed by atoms with Crippen molar-refractivity contribution < 1.29 is 18.0 Å². The Hall–Kier alpha value is -1.52. The smallest absolute Gasteiger partial charge is 0.342 e. The number of piperidine rings is 1. The maximum Gasteiger partial charge on any atom is 0.416 e. The van der Waals surface area contributed by atoms with E-state index in [4.69, 9.17) is 0 Å². The number of alkyl halides is 3. The van der Waals surface area contributed by atoms with Crippen LogP contribution in [-0.4, -0.2) is 23.9 Å². The molecule has 1 aliphatic heterocycles. The summed E-state index contributed by atoms with van der Waals surface area (Å²) in [5.41, 5.74) is -0.121. The fraction of sp³-hybridized carbons (Fsp3) is 0.759. The number of rotatable bonds is 4. The van der Waals surface area contributed by atoms with E-state index < -0.39 is 17.2 Å². The van der Waals surface area contributed by atoms with E-state index in [9.17, 15) is 18.0 Å². The Labute approximate surface area is 203 Å².